The first-order valence-corrected chi connectivity index (χ1v) is 6.77. The molecule has 1 aliphatic rings. The standard InChI is InChI=1S/C15H15N3O3/c1-10-14(19)16-7-8-18(10)15(20)12-9-13(21-17-12)11-5-3-2-4-6-11/h2-6,9-10H,7-8H2,1H3,(H,16,19). The third-order valence-corrected chi connectivity index (χ3v) is 3.55. The fraction of sp³-hybridized carbons (Fsp3) is 0.267. The zero-order chi connectivity index (χ0) is 14.8. The summed E-state index contributed by atoms with van der Waals surface area (Å²) in [7, 11) is 0. The second-order valence-electron chi connectivity index (χ2n) is 4.91. The maximum Gasteiger partial charge on any atom is 0.276 e. The van der Waals surface area contributed by atoms with E-state index in [-0.39, 0.29) is 17.5 Å². The average Bonchev–Trinajstić information content (AvgIpc) is 3.00. The quantitative estimate of drug-likeness (QED) is 0.902. The van der Waals surface area contributed by atoms with Gasteiger partial charge < -0.3 is 14.7 Å². The highest BCUT2D eigenvalue weighted by Crippen LogP contribution is 2.21. The van der Waals surface area contributed by atoms with Gasteiger partial charge in [0.1, 0.15) is 6.04 Å². The first-order valence-electron chi connectivity index (χ1n) is 6.77. The number of hydrogen-bond acceptors (Lipinski definition) is 4. The number of rotatable bonds is 2. The van der Waals surface area contributed by atoms with E-state index in [1.165, 1.54) is 4.90 Å². The Kier molecular flexibility index (Phi) is 3.43. The second kappa shape index (κ2) is 5.40. The van der Waals surface area contributed by atoms with Crippen molar-refractivity contribution in [1.82, 2.24) is 15.4 Å². The van der Waals surface area contributed by atoms with Crippen molar-refractivity contribution in [3.8, 4) is 11.3 Å². The number of carbonyl (C=O) groups is 2. The highest BCUT2D eigenvalue weighted by atomic mass is 16.5. The van der Waals surface area contributed by atoms with Gasteiger partial charge in [-0.15, -0.1) is 0 Å². The van der Waals surface area contributed by atoms with Gasteiger partial charge in [-0.1, -0.05) is 35.5 Å². The number of hydrogen-bond donors (Lipinski definition) is 1. The van der Waals surface area contributed by atoms with Crippen LogP contribution in [0.25, 0.3) is 11.3 Å². The van der Waals surface area contributed by atoms with Gasteiger partial charge in [-0.25, -0.2) is 0 Å². The summed E-state index contributed by atoms with van der Waals surface area (Å²) >= 11 is 0. The van der Waals surface area contributed by atoms with E-state index in [0.717, 1.165) is 5.56 Å². The summed E-state index contributed by atoms with van der Waals surface area (Å²) in [6.07, 6.45) is 0. The van der Waals surface area contributed by atoms with Crippen LogP contribution in [0.15, 0.2) is 40.9 Å². The molecule has 0 aliphatic carbocycles. The Morgan fingerprint density at radius 2 is 2.14 bits per heavy atom. The largest absolute Gasteiger partial charge is 0.355 e. The van der Waals surface area contributed by atoms with E-state index < -0.39 is 6.04 Å². The maximum atomic E-state index is 12.4. The van der Waals surface area contributed by atoms with Crippen LogP contribution in [0.2, 0.25) is 0 Å². The van der Waals surface area contributed by atoms with Crippen LogP contribution < -0.4 is 5.32 Å². The molecule has 0 spiro atoms. The molecule has 21 heavy (non-hydrogen) atoms. The van der Waals surface area contributed by atoms with Crippen molar-refractivity contribution in [3.05, 3.63) is 42.1 Å². The fourth-order valence-electron chi connectivity index (χ4n) is 2.32. The molecule has 6 nitrogen and oxygen atoms in total. The Labute approximate surface area is 121 Å². The highest BCUT2D eigenvalue weighted by Gasteiger charge is 2.31. The molecule has 1 unspecified atom stereocenters. The molecule has 0 bridgehead atoms. The van der Waals surface area contributed by atoms with Gasteiger partial charge in [0, 0.05) is 24.7 Å². The minimum absolute atomic E-state index is 0.152. The van der Waals surface area contributed by atoms with Crippen molar-refractivity contribution in [3.63, 3.8) is 0 Å². The zero-order valence-electron chi connectivity index (χ0n) is 11.6. The smallest absolute Gasteiger partial charge is 0.276 e. The van der Waals surface area contributed by atoms with E-state index in [1.54, 1.807) is 13.0 Å². The van der Waals surface area contributed by atoms with Gasteiger partial charge in [-0.2, -0.15) is 0 Å². The van der Waals surface area contributed by atoms with E-state index in [2.05, 4.69) is 10.5 Å². The Bertz CT molecular complexity index is 666. The fourth-order valence-corrected chi connectivity index (χ4v) is 2.32. The van der Waals surface area contributed by atoms with Gasteiger partial charge in [0.25, 0.3) is 5.91 Å². The molecule has 6 heteroatoms. The molecule has 1 fully saturated rings. The summed E-state index contributed by atoms with van der Waals surface area (Å²) in [6.45, 7) is 2.63. The molecule has 2 heterocycles. The van der Waals surface area contributed by atoms with E-state index in [9.17, 15) is 9.59 Å². The Balaban J connectivity index is 1.83. The molecular weight excluding hydrogens is 270 g/mol. The minimum Gasteiger partial charge on any atom is -0.355 e. The van der Waals surface area contributed by atoms with Gasteiger partial charge in [-0.05, 0) is 6.92 Å². The lowest BCUT2D eigenvalue weighted by Gasteiger charge is -2.32. The molecule has 2 aromatic rings. The molecule has 0 saturated carbocycles. The first-order chi connectivity index (χ1) is 10.2. The number of carbonyl (C=O) groups excluding carboxylic acids is 2. The molecule has 1 aromatic heterocycles. The summed E-state index contributed by atoms with van der Waals surface area (Å²) < 4.78 is 5.23. The first kappa shape index (κ1) is 13.4. The van der Waals surface area contributed by atoms with Crippen molar-refractivity contribution in [2.75, 3.05) is 13.1 Å². The molecule has 0 radical (unpaired) electrons. The number of aromatic nitrogens is 1. The molecule has 1 N–H and O–H groups in total. The van der Waals surface area contributed by atoms with E-state index in [1.807, 2.05) is 30.3 Å². The van der Waals surface area contributed by atoms with Crippen molar-refractivity contribution >= 4 is 11.8 Å². The van der Waals surface area contributed by atoms with Crippen LogP contribution in [0.1, 0.15) is 17.4 Å². The lowest BCUT2D eigenvalue weighted by atomic mass is 10.1. The predicted octanol–water partition coefficient (Wildman–Crippen LogP) is 1.30. The molecule has 1 aliphatic heterocycles. The SMILES string of the molecule is CC1C(=O)NCCN1C(=O)c1cc(-c2ccccc2)on1. The van der Waals surface area contributed by atoms with Crippen molar-refractivity contribution < 1.29 is 14.1 Å². The minimum atomic E-state index is -0.497. The van der Waals surface area contributed by atoms with Crippen LogP contribution in [0, 0.1) is 0 Å². The second-order valence-corrected chi connectivity index (χ2v) is 4.91. The summed E-state index contributed by atoms with van der Waals surface area (Å²) in [5.41, 5.74) is 1.07. The third-order valence-electron chi connectivity index (χ3n) is 3.55. The third kappa shape index (κ3) is 2.52. The van der Waals surface area contributed by atoms with Gasteiger partial charge in [0.2, 0.25) is 5.91 Å². The van der Waals surface area contributed by atoms with Gasteiger partial charge >= 0.3 is 0 Å². The van der Waals surface area contributed by atoms with Gasteiger partial charge in [0.15, 0.2) is 11.5 Å². The molecule has 2 amide bonds. The number of nitrogens with one attached hydrogen (secondary N) is 1. The topological polar surface area (TPSA) is 75.4 Å². The van der Waals surface area contributed by atoms with E-state index in [4.69, 9.17) is 4.52 Å². The molecule has 1 saturated heterocycles. The Morgan fingerprint density at radius 1 is 1.38 bits per heavy atom. The summed E-state index contributed by atoms with van der Waals surface area (Å²) in [6, 6.07) is 10.5. The van der Waals surface area contributed by atoms with Crippen molar-refractivity contribution in [1.29, 1.82) is 0 Å². The molecular formula is C15H15N3O3. The van der Waals surface area contributed by atoms with E-state index in [0.29, 0.717) is 18.8 Å². The Hall–Kier alpha value is -2.63. The number of benzene rings is 1. The molecule has 1 aromatic carbocycles. The maximum absolute atomic E-state index is 12.4. The number of nitrogens with zero attached hydrogens (tertiary/aromatic N) is 2. The van der Waals surface area contributed by atoms with Crippen LogP contribution in [-0.4, -0.2) is 41.0 Å². The lowest BCUT2D eigenvalue weighted by Crippen LogP contribution is -2.55. The van der Waals surface area contributed by atoms with Gasteiger partial charge in [-0.3, -0.25) is 9.59 Å². The Morgan fingerprint density at radius 3 is 2.90 bits per heavy atom. The van der Waals surface area contributed by atoms with Crippen LogP contribution in [0.4, 0.5) is 0 Å². The molecule has 108 valence electrons. The van der Waals surface area contributed by atoms with Gasteiger partial charge in [0.05, 0.1) is 0 Å². The summed E-state index contributed by atoms with van der Waals surface area (Å²) in [5, 5.41) is 6.55. The van der Waals surface area contributed by atoms with Crippen LogP contribution in [-0.2, 0) is 4.79 Å². The zero-order valence-corrected chi connectivity index (χ0v) is 11.6. The summed E-state index contributed by atoms with van der Waals surface area (Å²) in [4.78, 5) is 25.5. The van der Waals surface area contributed by atoms with Crippen LogP contribution in [0.3, 0.4) is 0 Å². The number of amides is 2. The lowest BCUT2D eigenvalue weighted by molar-refractivity contribution is -0.127. The van der Waals surface area contributed by atoms with Crippen molar-refractivity contribution in [2.45, 2.75) is 13.0 Å². The van der Waals surface area contributed by atoms with E-state index >= 15 is 0 Å². The van der Waals surface area contributed by atoms with Crippen LogP contribution in [0.5, 0.6) is 0 Å². The van der Waals surface area contributed by atoms with Crippen LogP contribution >= 0.6 is 0 Å². The number of piperazine rings is 1. The molecule has 1 atom stereocenters. The van der Waals surface area contributed by atoms with Crippen molar-refractivity contribution in [2.24, 2.45) is 0 Å². The predicted molar refractivity (Wildman–Crippen MR) is 75.4 cm³/mol. The molecule has 3 rings (SSSR count). The average molecular weight is 285 g/mol. The monoisotopic (exact) mass is 285 g/mol. The normalized spacial score (nSPS) is 18.4. The highest BCUT2D eigenvalue weighted by molar-refractivity contribution is 5.97. The summed E-state index contributed by atoms with van der Waals surface area (Å²) in [5.74, 6) is 0.0951.